The molecule has 16 heavy (non-hydrogen) atoms. The summed E-state index contributed by atoms with van der Waals surface area (Å²) in [5.74, 6) is 0. The lowest BCUT2D eigenvalue weighted by molar-refractivity contribution is 0.244. The maximum atomic E-state index is 8.77. The van der Waals surface area contributed by atoms with Crippen molar-refractivity contribution < 1.29 is 5.11 Å². The van der Waals surface area contributed by atoms with Crippen LogP contribution in [0.5, 0.6) is 0 Å². The van der Waals surface area contributed by atoms with Crippen molar-refractivity contribution in [3.63, 3.8) is 0 Å². The third-order valence-corrected chi connectivity index (χ3v) is 4.14. The Hall–Kier alpha value is -0.450. The van der Waals surface area contributed by atoms with Gasteiger partial charge in [-0.25, -0.2) is 4.98 Å². The molecule has 1 aliphatic rings. The third kappa shape index (κ3) is 3.03. The first-order valence-corrected chi connectivity index (χ1v) is 6.88. The highest BCUT2D eigenvalue weighted by molar-refractivity contribution is 7.11. The molecule has 0 aromatic carbocycles. The Balaban J connectivity index is 1.91. The second kappa shape index (κ2) is 5.75. The highest BCUT2D eigenvalue weighted by Gasteiger charge is 2.15. The van der Waals surface area contributed by atoms with Crippen molar-refractivity contribution in [2.75, 3.05) is 20.2 Å². The van der Waals surface area contributed by atoms with Gasteiger partial charge in [0.1, 0.15) is 5.01 Å². The fourth-order valence-electron chi connectivity index (χ4n) is 2.12. The van der Waals surface area contributed by atoms with Crippen LogP contribution in [0, 0.1) is 0 Å². The fourth-order valence-corrected chi connectivity index (χ4v) is 3.36. The van der Waals surface area contributed by atoms with Crippen molar-refractivity contribution >= 4 is 11.3 Å². The van der Waals surface area contributed by atoms with Crippen molar-refractivity contribution in [2.24, 2.45) is 0 Å². The molecule has 1 aromatic heterocycles. The molecule has 0 aliphatic heterocycles. The van der Waals surface area contributed by atoms with E-state index < -0.39 is 0 Å². The molecular formula is C12H20N2OS. The van der Waals surface area contributed by atoms with Gasteiger partial charge in [0.25, 0.3) is 0 Å². The summed E-state index contributed by atoms with van der Waals surface area (Å²) in [5, 5.41) is 10.0. The van der Waals surface area contributed by atoms with Gasteiger partial charge in [0.2, 0.25) is 0 Å². The van der Waals surface area contributed by atoms with Gasteiger partial charge >= 0.3 is 0 Å². The monoisotopic (exact) mass is 240 g/mol. The Kier molecular flexibility index (Phi) is 4.32. The summed E-state index contributed by atoms with van der Waals surface area (Å²) in [6, 6.07) is 0. The van der Waals surface area contributed by atoms with Gasteiger partial charge in [-0.1, -0.05) is 0 Å². The second-order valence-corrected chi connectivity index (χ2v) is 5.67. The first kappa shape index (κ1) is 12.0. The van der Waals surface area contributed by atoms with Crippen molar-refractivity contribution in [1.82, 2.24) is 9.88 Å². The van der Waals surface area contributed by atoms with Gasteiger partial charge in [0.05, 0.1) is 12.2 Å². The average molecular weight is 240 g/mol. The van der Waals surface area contributed by atoms with E-state index in [1.165, 1.54) is 41.3 Å². The van der Waals surface area contributed by atoms with Crippen LogP contribution >= 0.6 is 11.3 Å². The van der Waals surface area contributed by atoms with Gasteiger partial charge in [-0.3, -0.25) is 4.90 Å². The molecule has 4 heteroatoms. The number of aromatic nitrogens is 1. The van der Waals surface area contributed by atoms with E-state index >= 15 is 0 Å². The Morgan fingerprint density at radius 1 is 1.38 bits per heavy atom. The minimum Gasteiger partial charge on any atom is -0.396 e. The molecule has 0 amide bonds. The predicted molar refractivity (Wildman–Crippen MR) is 66.8 cm³/mol. The van der Waals surface area contributed by atoms with Crippen LogP contribution in [0.2, 0.25) is 0 Å². The lowest BCUT2D eigenvalue weighted by Gasteiger charge is -2.13. The summed E-state index contributed by atoms with van der Waals surface area (Å²) in [6.07, 6.45) is 5.88. The Morgan fingerprint density at radius 3 is 2.94 bits per heavy atom. The minimum absolute atomic E-state index is 0.276. The maximum absolute atomic E-state index is 8.77. The molecule has 3 nitrogen and oxygen atoms in total. The summed E-state index contributed by atoms with van der Waals surface area (Å²) < 4.78 is 0. The predicted octanol–water partition coefficient (Wildman–Crippen LogP) is 1.84. The van der Waals surface area contributed by atoms with E-state index in [0.717, 1.165) is 19.5 Å². The van der Waals surface area contributed by atoms with Crippen molar-refractivity contribution in [1.29, 1.82) is 0 Å². The standard InChI is InChI=1S/C12H20N2OS/c1-14(7-4-8-15)9-12-13-10-5-2-3-6-11(10)16-12/h15H,2-9H2,1H3. The van der Waals surface area contributed by atoms with E-state index in [1.807, 2.05) is 11.3 Å². The molecule has 0 radical (unpaired) electrons. The molecule has 1 aliphatic carbocycles. The molecular weight excluding hydrogens is 220 g/mol. The van der Waals surface area contributed by atoms with E-state index in [0.29, 0.717) is 0 Å². The summed E-state index contributed by atoms with van der Waals surface area (Å²) in [4.78, 5) is 8.46. The Morgan fingerprint density at radius 2 is 2.19 bits per heavy atom. The Labute approximate surface area is 101 Å². The largest absolute Gasteiger partial charge is 0.396 e. The van der Waals surface area contributed by atoms with E-state index in [4.69, 9.17) is 10.1 Å². The summed E-state index contributed by atoms with van der Waals surface area (Å²) in [7, 11) is 2.09. The molecule has 0 atom stereocenters. The van der Waals surface area contributed by atoms with Crippen LogP contribution in [-0.4, -0.2) is 35.2 Å². The first-order valence-electron chi connectivity index (χ1n) is 6.06. The number of aryl methyl sites for hydroxylation is 2. The van der Waals surface area contributed by atoms with Gasteiger partial charge in [-0.2, -0.15) is 0 Å². The minimum atomic E-state index is 0.276. The number of hydrogen-bond acceptors (Lipinski definition) is 4. The number of fused-ring (bicyclic) bond motifs is 1. The van der Waals surface area contributed by atoms with Crippen LogP contribution in [0.1, 0.15) is 34.8 Å². The molecule has 0 unspecified atom stereocenters. The van der Waals surface area contributed by atoms with Crippen molar-refractivity contribution in [3.8, 4) is 0 Å². The maximum Gasteiger partial charge on any atom is 0.107 e. The highest BCUT2D eigenvalue weighted by Crippen LogP contribution is 2.27. The average Bonchev–Trinajstić information content (AvgIpc) is 2.68. The lowest BCUT2D eigenvalue weighted by atomic mass is 10.0. The number of thiazole rings is 1. The van der Waals surface area contributed by atoms with Crippen molar-refractivity contribution in [2.45, 2.75) is 38.6 Å². The second-order valence-electron chi connectivity index (χ2n) is 4.50. The molecule has 90 valence electrons. The normalized spacial score (nSPS) is 15.4. The van der Waals surface area contributed by atoms with Gasteiger partial charge in [0.15, 0.2) is 0 Å². The molecule has 0 saturated heterocycles. The van der Waals surface area contributed by atoms with Gasteiger partial charge in [0, 0.05) is 18.0 Å². The number of hydrogen-bond donors (Lipinski definition) is 1. The van der Waals surface area contributed by atoms with Crippen LogP contribution < -0.4 is 0 Å². The van der Waals surface area contributed by atoms with Crippen LogP contribution in [0.25, 0.3) is 0 Å². The number of aliphatic hydroxyl groups is 1. The van der Waals surface area contributed by atoms with E-state index in [2.05, 4.69) is 11.9 Å². The molecule has 0 saturated carbocycles. The smallest absolute Gasteiger partial charge is 0.107 e. The van der Waals surface area contributed by atoms with Crippen LogP contribution in [0.3, 0.4) is 0 Å². The summed E-state index contributed by atoms with van der Waals surface area (Å²) in [5.41, 5.74) is 1.35. The summed E-state index contributed by atoms with van der Waals surface area (Å²) in [6.45, 7) is 2.15. The molecule has 0 spiro atoms. The van der Waals surface area contributed by atoms with Crippen LogP contribution in [-0.2, 0) is 19.4 Å². The third-order valence-electron chi connectivity index (χ3n) is 2.99. The number of rotatable bonds is 5. The van der Waals surface area contributed by atoms with Crippen molar-refractivity contribution in [3.05, 3.63) is 15.6 Å². The van der Waals surface area contributed by atoms with Gasteiger partial charge in [-0.15, -0.1) is 11.3 Å². The molecule has 0 bridgehead atoms. The molecule has 1 N–H and O–H groups in total. The highest BCUT2D eigenvalue weighted by atomic mass is 32.1. The molecule has 0 fully saturated rings. The zero-order chi connectivity index (χ0) is 11.4. The van der Waals surface area contributed by atoms with E-state index in [-0.39, 0.29) is 6.61 Å². The first-order chi connectivity index (χ1) is 7.79. The van der Waals surface area contributed by atoms with Crippen LogP contribution in [0.15, 0.2) is 0 Å². The molecule has 1 aromatic rings. The summed E-state index contributed by atoms with van der Waals surface area (Å²) >= 11 is 1.88. The fraction of sp³-hybridized carbons (Fsp3) is 0.750. The topological polar surface area (TPSA) is 36.4 Å². The number of aliphatic hydroxyl groups excluding tert-OH is 1. The van der Waals surface area contributed by atoms with E-state index in [1.54, 1.807) is 0 Å². The number of nitrogens with zero attached hydrogens (tertiary/aromatic N) is 2. The van der Waals surface area contributed by atoms with Gasteiger partial charge in [-0.05, 0) is 39.2 Å². The zero-order valence-electron chi connectivity index (χ0n) is 9.91. The quantitative estimate of drug-likeness (QED) is 0.853. The zero-order valence-corrected chi connectivity index (χ0v) is 10.7. The molecule has 1 heterocycles. The lowest BCUT2D eigenvalue weighted by Crippen LogP contribution is -2.19. The Bertz CT molecular complexity index is 314. The van der Waals surface area contributed by atoms with E-state index in [9.17, 15) is 0 Å². The van der Waals surface area contributed by atoms with Crippen LogP contribution in [0.4, 0.5) is 0 Å². The SMILES string of the molecule is CN(CCCO)Cc1nc2c(s1)CCCC2. The van der Waals surface area contributed by atoms with Gasteiger partial charge < -0.3 is 5.11 Å². The molecule has 2 rings (SSSR count).